The molecule has 2 saturated carbocycles. The molecule has 20 heavy (non-hydrogen) atoms. The Balaban J connectivity index is 1.55. The lowest BCUT2D eigenvalue weighted by Crippen LogP contribution is -2.24. The number of ether oxygens (including phenoxy) is 1. The lowest BCUT2D eigenvalue weighted by atomic mass is 9.96. The molecule has 3 atom stereocenters. The van der Waals surface area contributed by atoms with Crippen LogP contribution >= 0.6 is 0 Å². The van der Waals surface area contributed by atoms with E-state index in [-0.39, 0.29) is 11.7 Å². The van der Waals surface area contributed by atoms with Crippen molar-refractivity contribution in [2.75, 3.05) is 0 Å². The third-order valence-electron chi connectivity index (χ3n) is 5.52. The Morgan fingerprint density at radius 1 is 1.20 bits per heavy atom. The second-order valence-electron chi connectivity index (χ2n) is 7.54. The number of aliphatic hydroxyl groups excluding tert-OH is 1. The zero-order valence-corrected chi connectivity index (χ0v) is 12.4. The van der Waals surface area contributed by atoms with Crippen molar-refractivity contribution in [1.29, 1.82) is 0 Å². The zero-order valence-electron chi connectivity index (χ0n) is 12.4. The summed E-state index contributed by atoms with van der Waals surface area (Å²) in [5.74, 6) is 3.10. The highest BCUT2D eigenvalue weighted by atomic mass is 16.5. The van der Waals surface area contributed by atoms with Gasteiger partial charge in [0, 0.05) is 6.42 Å². The van der Waals surface area contributed by atoms with Crippen molar-refractivity contribution in [1.82, 2.24) is 0 Å². The van der Waals surface area contributed by atoms with Gasteiger partial charge in [-0.25, -0.2) is 0 Å². The summed E-state index contributed by atoms with van der Waals surface area (Å²) in [6.45, 7) is 4.25. The van der Waals surface area contributed by atoms with Gasteiger partial charge >= 0.3 is 0 Å². The minimum Gasteiger partial charge on any atom is -0.487 e. The predicted molar refractivity (Wildman–Crippen MR) is 78.8 cm³/mol. The molecular weight excluding hydrogens is 248 g/mol. The number of hydrogen-bond donors (Lipinski definition) is 1. The van der Waals surface area contributed by atoms with Gasteiger partial charge in [0.1, 0.15) is 11.4 Å². The van der Waals surface area contributed by atoms with Gasteiger partial charge in [0.25, 0.3) is 0 Å². The standard InChI is InChI=1S/C18H24O2/c1-18(2)10-12-9-11(7-8-15(12)20-18)17(19)16-13-5-3-4-6-14(13)16/h7-9,13-14,16-17,19H,3-6,10H2,1-2H3. The van der Waals surface area contributed by atoms with E-state index in [1.54, 1.807) is 0 Å². The summed E-state index contributed by atoms with van der Waals surface area (Å²) >= 11 is 0. The van der Waals surface area contributed by atoms with Crippen LogP contribution in [-0.2, 0) is 6.42 Å². The molecule has 0 spiro atoms. The maximum Gasteiger partial charge on any atom is 0.123 e. The molecule has 1 aromatic rings. The molecule has 0 saturated heterocycles. The first kappa shape index (κ1) is 12.7. The number of aliphatic hydroxyl groups is 1. The quantitative estimate of drug-likeness (QED) is 0.885. The third kappa shape index (κ3) is 1.96. The van der Waals surface area contributed by atoms with E-state index >= 15 is 0 Å². The van der Waals surface area contributed by atoms with Crippen LogP contribution in [0.15, 0.2) is 18.2 Å². The molecule has 2 heteroatoms. The van der Waals surface area contributed by atoms with Crippen LogP contribution < -0.4 is 4.74 Å². The molecule has 0 bridgehead atoms. The van der Waals surface area contributed by atoms with Crippen molar-refractivity contribution >= 4 is 0 Å². The monoisotopic (exact) mass is 272 g/mol. The van der Waals surface area contributed by atoms with Crippen LogP contribution in [0.1, 0.15) is 56.8 Å². The summed E-state index contributed by atoms with van der Waals surface area (Å²) < 4.78 is 5.92. The van der Waals surface area contributed by atoms with E-state index in [2.05, 4.69) is 32.0 Å². The fraction of sp³-hybridized carbons (Fsp3) is 0.667. The molecule has 0 amide bonds. The molecule has 2 nitrogen and oxygen atoms in total. The summed E-state index contributed by atoms with van der Waals surface area (Å²) in [5.41, 5.74) is 2.26. The Morgan fingerprint density at radius 3 is 2.60 bits per heavy atom. The van der Waals surface area contributed by atoms with Gasteiger partial charge in [0.2, 0.25) is 0 Å². The second-order valence-corrected chi connectivity index (χ2v) is 7.54. The Morgan fingerprint density at radius 2 is 1.90 bits per heavy atom. The topological polar surface area (TPSA) is 29.5 Å². The summed E-state index contributed by atoms with van der Waals surface area (Å²) in [4.78, 5) is 0. The summed E-state index contributed by atoms with van der Waals surface area (Å²) in [7, 11) is 0. The van der Waals surface area contributed by atoms with Crippen LogP contribution in [-0.4, -0.2) is 10.7 Å². The number of hydrogen-bond acceptors (Lipinski definition) is 2. The van der Waals surface area contributed by atoms with Gasteiger partial charge in [-0.2, -0.15) is 0 Å². The smallest absolute Gasteiger partial charge is 0.123 e. The highest BCUT2D eigenvalue weighted by molar-refractivity contribution is 5.42. The van der Waals surface area contributed by atoms with E-state index in [1.165, 1.54) is 31.2 Å². The van der Waals surface area contributed by atoms with Crippen LogP contribution in [0.25, 0.3) is 0 Å². The van der Waals surface area contributed by atoms with Gasteiger partial charge in [-0.3, -0.25) is 0 Å². The molecule has 1 heterocycles. The number of fused-ring (bicyclic) bond motifs is 2. The molecule has 108 valence electrons. The van der Waals surface area contributed by atoms with Gasteiger partial charge in [-0.05, 0) is 67.7 Å². The van der Waals surface area contributed by atoms with Crippen molar-refractivity contribution in [2.45, 2.75) is 57.7 Å². The molecule has 0 aromatic heterocycles. The van der Waals surface area contributed by atoms with Crippen LogP contribution in [0.2, 0.25) is 0 Å². The lowest BCUT2D eigenvalue weighted by Gasteiger charge is -2.16. The first-order chi connectivity index (χ1) is 9.55. The molecule has 1 N–H and O–H groups in total. The zero-order chi connectivity index (χ0) is 13.9. The molecule has 2 aliphatic carbocycles. The van der Waals surface area contributed by atoms with Gasteiger partial charge < -0.3 is 9.84 Å². The molecule has 3 aliphatic rings. The maximum atomic E-state index is 10.7. The minimum absolute atomic E-state index is 0.0977. The van der Waals surface area contributed by atoms with E-state index in [9.17, 15) is 5.11 Å². The van der Waals surface area contributed by atoms with E-state index < -0.39 is 0 Å². The van der Waals surface area contributed by atoms with Crippen molar-refractivity contribution in [3.05, 3.63) is 29.3 Å². The van der Waals surface area contributed by atoms with Crippen molar-refractivity contribution in [3.63, 3.8) is 0 Å². The average molecular weight is 272 g/mol. The van der Waals surface area contributed by atoms with Crippen molar-refractivity contribution in [3.8, 4) is 5.75 Å². The van der Waals surface area contributed by atoms with Crippen LogP contribution in [0.5, 0.6) is 5.75 Å². The van der Waals surface area contributed by atoms with Gasteiger partial charge in [0.15, 0.2) is 0 Å². The predicted octanol–water partition coefficient (Wildman–Crippen LogP) is 3.87. The largest absolute Gasteiger partial charge is 0.487 e. The Kier molecular flexibility index (Phi) is 2.69. The first-order valence-electron chi connectivity index (χ1n) is 8.05. The molecule has 3 unspecified atom stereocenters. The fourth-order valence-electron chi connectivity index (χ4n) is 4.55. The number of benzene rings is 1. The number of rotatable bonds is 2. The van der Waals surface area contributed by atoms with Crippen LogP contribution in [0, 0.1) is 17.8 Å². The summed E-state index contributed by atoms with van der Waals surface area (Å²) in [6, 6.07) is 6.29. The third-order valence-corrected chi connectivity index (χ3v) is 5.52. The summed E-state index contributed by atoms with van der Waals surface area (Å²) in [6.07, 6.45) is 6.05. The molecular formula is C18H24O2. The molecule has 1 aromatic carbocycles. The molecule has 2 fully saturated rings. The fourth-order valence-corrected chi connectivity index (χ4v) is 4.55. The molecule has 1 aliphatic heterocycles. The minimum atomic E-state index is -0.267. The van der Waals surface area contributed by atoms with Crippen LogP contribution in [0.4, 0.5) is 0 Å². The average Bonchev–Trinajstić information content (AvgIpc) is 3.05. The molecule has 0 radical (unpaired) electrons. The highest BCUT2D eigenvalue weighted by Gasteiger charge is 2.54. The van der Waals surface area contributed by atoms with Crippen molar-refractivity contribution in [2.24, 2.45) is 17.8 Å². The Labute approximate surface area is 121 Å². The van der Waals surface area contributed by atoms with E-state index in [1.807, 2.05) is 0 Å². The normalized spacial score (nSPS) is 34.9. The highest BCUT2D eigenvalue weighted by Crippen LogP contribution is 2.60. The maximum absolute atomic E-state index is 10.7. The van der Waals surface area contributed by atoms with Gasteiger partial charge in [0.05, 0.1) is 6.10 Å². The van der Waals surface area contributed by atoms with Gasteiger partial charge in [-0.1, -0.05) is 18.9 Å². The SMILES string of the molecule is CC1(C)Cc2cc(C(O)C3C4CCCCC43)ccc2O1. The second kappa shape index (κ2) is 4.24. The van der Waals surface area contributed by atoms with E-state index in [0.717, 1.165) is 29.6 Å². The van der Waals surface area contributed by atoms with E-state index in [4.69, 9.17) is 4.74 Å². The first-order valence-corrected chi connectivity index (χ1v) is 8.05. The van der Waals surface area contributed by atoms with Crippen LogP contribution in [0.3, 0.4) is 0 Å². The molecule has 4 rings (SSSR count). The summed E-state index contributed by atoms with van der Waals surface area (Å²) in [5, 5.41) is 10.7. The Hall–Kier alpha value is -1.02. The van der Waals surface area contributed by atoms with Gasteiger partial charge in [-0.15, -0.1) is 0 Å². The Bertz CT molecular complexity index is 522. The van der Waals surface area contributed by atoms with E-state index in [0.29, 0.717) is 5.92 Å². The van der Waals surface area contributed by atoms with Crippen molar-refractivity contribution < 1.29 is 9.84 Å². The lowest BCUT2D eigenvalue weighted by molar-refractivity contribution is 0.138.